The highest BCUT2D eigenvalue weighted by Crippen LogP contribution is 2.57. The monoisotopic (exact) mass is 281 g/mol. The van der Waals surface area contributed by atoms with E-state index < -0.39 is 27.1 Å². The summed E-state index contributed by atoms with van der Waals surface area (Å²) >= 11 is 0. The minimum atomic E-state index is -5.12. The molecule has 0 spiro atoms. The minimum Gasteiger partial charge on any atom is -0.778 e. The van der Waals surface area contributed by atoms with Crippen molar-refractivity contribution in [2.45, 2.75) is 18.9 Å². The number of hydrogen-bond donors (Lipinski definition) is 3. The topological polar surface area (TPSA) is 122 Å². The molecule has 2 atom stereocenters. The maximum absolute atomic E-state index is 11.0. The van der Waals surface area contributed by atoms with Gasteiger partial charge in [-0.15, -0.1) is 0 Å². The van der Waals surface area contributed by atoms with Gasteiger partial charge in [-0.05, 0) is 0 Å². The lowest BCUT2D eigenvalue weighted by molar-refractivity contribution is -0.700. The maximum Gasteiger partial charge on any atom is 0.343 e. The summed E-state index contributed by atoms with van der Waals surface area (Å²) in [5.74, 6) is 0. The summed E-state index contributed by atoms with van der Waals surface area (Å²) in [7, 11) is -10.0. The van der Waals surface area contributed by atoms with Gasteiger partial charge in [-0.2, -0.15) is 0 Å². The molecule has 0 aliphatic rings. The molecule has 1 heterocycles. The molecule has 3 N–H and O–H groups in total. The summed E-state index contributed by atoms with van der Waals surface area (Å²) in [5, 5.41) is -2.12. The van der Waals surface area contributed by atoms with Crippen LogP contribution in [0.15, 0.2) is 24.4 Å². The van der Waals surface area contributed by atoms with Crippen LogP contribution < -0.4 is 9.46 Å². The van der Waals surface area contributed by atoms with Crippen molar-refractivity contribution in [3.8, 4) is 0 Å². The van der Waals surface area contributed by atoms with E-state index in [1.807, 2.05) is 0 Å². The number of aromatic nitrogens is 1. The smallest absolute Gasteiger partial charge is 0.343 e. The quantitative estimate of drug-likeness (QED) is 0.497. The van der Waals surface area contributed by atoms with Crippen LogP contribution in [0.5, 0.6) is 0 Å². The first-order valence-electron chi connectivity index (χ1n) is 4.66. The Hall–Kier alpha value is -0.550. The highest BCUT2D eigenvalue weighted by molar-refractivity contribution is 7.70. The van der Waals surface area contributed by atoms with Crippen molar-refractivity contribution in [3.05, 3.63) is 30.1 Å². The van der Waals surface area contributed by atoms with E-state index in [4.69, 9.17) is 14.7 Å². The van der Waals surface area contributed by atoms with Crippen molar-refractivity contribution in [2.24, 2.45) is 0 Å². The molecule has 17 heavy (non-hydrogen) atoms. The first-order valence-corrected chi connectivity index (χ1v) is 7.99. The lowest BCUT2D eigenvalue weighted by Gasteiger charge is -2.25. The van der Waals surface area contributed by atoms with E-state index in [0.29, 0.717) is 5.69 Å². The Morgan fingerprint density at radius 3 is 2.35 bits per heavy atom. The van der Waals surface area contributed by atoms with Gasteiger partial charge in [0.1, 0.15) is 0 Å². The molecular weight excluding hydrogens is 268 g/mol. The average molecular weight is 281 g/mol. The number of nitrogens with zero attached hydrogens (tertiary/aromatic N) is 1. The Balaban J connectivity index is 3.09. The molecule has 0 saturated carbocycles. The molecule has 2 unspecified atom stereocenters. The van der Waals surface area contributed by atoms with E-state index in [1.165, 1.54) is 10.8 Å². The maximum atomic E-state index is 11.0. The van der Waals surface area contributed by atoms with Crippen LogP contribution in [0.3, 0.4) is 0 Å². The summed E-state index contributed by atoms with van der Waals surface area (Å²) in [5.41, 5.74) is 0.624. The predicted molar refractivity (Wildman–Crippen MR) is 57.0 cm³/mol. The van der Waals surface area contributed by atoms with Gasteiger partial charge in [0, 0.05) is 19.1 Å². The van der Waals surface area contributed by atoms with Crippen LogP contribution in [0, 0.1) is 6.92 Å². The molecule has 1 rings (SSSR count). The molecule has 9 heteroatoms. The van der Waals surface area contributed by atoms with Gasteiger partial charge in [0.25, 0.3) is 0 Å². The summed E-state index contributed by atoms with van der Waals surface area (Å²) in [6.45, 7) is 1.16. The van der Waals surface area contributed by atoms with Gasteiger partial charge in [-0.25, -0.2) is 4.57 Å². The van der Waals surface area contributed by atoms with Crippen LogP contribution in [-0.4, -0.2) is 20.1 Å². The summed E-state index contributed by atoms with van der Waals surface area (Å²) in [6, 6.07) is 4.95. The fourth-order valence-corrected chi connectivity index (χ4v) is 3.63. The molecule has 0 aliphatic carbocycles. The van der Waals surface area contributed by atoms with E-state index in [2.05, 4.69) is 0 Å². The zero-order valence-electron chi connectivity index (χ0n) is 9.00. The molecule has 0 radical (unpaired) electrons. The second-order valence-electron chi connectivity index (χ2n) is 3.63. The lowest BCUT2D eigenvalue weighted by atomic mass is 10.3. The first-order chi connectivity index (χ1) is 7.62. The summed E-state index contributed by atoms with van der Waals surface area (Å²) in [6.07, 6.45) is 1.48. The number of pyridine rings is 1. The van der Waals surface area contributed by atoms with E-state index >= 15 is 0 Å². The van der Waals surface area contributed by atoms with Gasteiger partial charge in [-0.3, -0.25) is 4.57 Å². The van der Waals surface area contributed by atoms with Gasteiger partial charge < -0.3 is 24.1 Å². The molecule has 96 valence electrons. The van der Waals surface area contributed by atoms with Crippen LogP contribution in [-0.2, 0) is 15.7 Å². The largest absolute Gasteiger partial charge is 0.778 e. The fraction of sp³-hybridized carbons (Fsp3) is 0.375. The second kappa shape index (κ2) is 4.98. The molecule has 1 aromatic rings. The zero-order valence-corrected chi connectivity index (χ0v) is 10.8. The Kier molecular flexibility index (Phi) is 4.25. The third kappa shape index (κ3) is 4.00. The fourth-order valence-electron chi connectivity index (χ4n) is 1.34. The van der Waals surface area contributed by atoms with E-state index in [0.717, 1.165) is 0 Å². The molecule has 0 amide bonds. The zero-order chi connectivity index (χ0) is 13.3. The lowest BCUT2D eigenvalue weighted by Crippen LogP contribution is -2.42. The molecule has 7 nitrogen and oxygen atoms in total. The minimum absolute atomic E-state index is 0.492. The van der Waals surface area contributed by atoms with E-state index in [9.17, 15) is 14.0 Å². The predicted octanol–water partition coefficient (Wildman–Crippen LogP) is -0.668. The molecular formula is C8H13NO6P2. The number of aryl methyl sites for hydroxylation is 1. The Morgan fingerprint density at radius 2 is 1.94 bits per heavy atom. The molecule has 0 bridgehead atoms. The number of hydrogen-bond acceptors (Lipinski definition) is 3. The average Bonchev–Trinajstić information content (AvgIpc) is 2.12. The van der Waals surface area contributed by atoms with Crippen molar-refractivity contribution in [2.75, 3.05) is 0 Å². The van der Waals surface area contributed by atoms with Crippen LogP contribution in [0.4, 0.5) is 0 Å². The normalized spacial score (nSPS) is 17.5. The van der Waals surface area contributed by atoms with Gasteiger partial charge in [-0.1, -0.05) is 6.07 Å². The van der Waals surface area contributed by atoms with Gasteiger partial charge >= 0.3 is 7.60 Å². The molecule has 0 fully saturated rings. The highest BCUT2D eigenvalue weighted by atomic mass is 31.2. The van der Waals surface area contributed by atoms with E-state index in [1.54, 1.807) is 25.1 Å². The SMILES string of the molecule is Cc1cccc[n+]1CC(P(=O)([O-])O)P(=O)(O)O. The molecule has 1 aromatic heterocycles. The Morgan fingerprint density at radius 1 is 1.35 bits per heavy atom. The van der Waals surface area contributed by atoms with Crippen LogP contribution in [0.25, 0.3) is 0 Å². The van der Waals surface area contributed by atoms with Gasteiger partial charge in [0.2, 0.25) is 0 Å². The van der Waals surface area contributed by atoms with Crippen molar-refractivity contribution in [3.63, 3.8) is 0 Å². The van der Waals surface area contributed by atoms with Crippen LogP contribution in [0.1, 0.15) is 5.69 Å². The van der Waals surface area contributed by atoms with Crippen molar-refractivity contribution in [1.82, 2.24) is 0 Å². The third-order valence-corrected chi connectivity index (χ3v) is 5.93. The first kappa shape index (κ1) is 14.5. The van der Waals surface area contributed by atoms with Gasteiger partial charge in [0.05, 0.1) is 0 Å². The van der Waals surface area contributed by atoms with Gasteiger partial charge in [0.15, 0.2) is 31.4 Å². The third-order valence-electron chi connectivity index (χ3n) is 2.29. The standard InChI is InChI=1S/C8H13NO6P2/c1-7-4-2-3-5-9(7)6-8(16(10,11)12)17(13,14)15/h2-5,8H,6H2,1H3,(H3-,10,11,12,13,14,15). The van der Waals surface area contributed by atoms with Crippen molar-refractivity contribution < 1.29 is 33.3 Å². The number of rotatable bonds is 4. The highest BCUT2D eigenvalue weighted by Gasteiger charge is 2.40. The molecule has 0 saturated heterocycles. The van der Waals surface area contributed by atoms with Crippen molar-refractivity contribution >= 4 is 15.2 Å². The summed E-state index contributed by atoms with van der Waals surface area (Å²) in [4.78, 5) is 37.7. The Bertz CT molecular complexity index is 471. The Labute approximate surface area is 98.1 Å². The second-order valence-corrected chi connectivity index (χ2v) is 7.59. The van der Waals surface area contributed by atoms with Crippen LogP contribution in [0.2, 0.25) is 0 Å². The summed E-state index contributed by atoms with van der Waals surface area (Å²) < 4.78 is 23.4. The molecule has 0 aromatic carbocycles. The van der Waals surface area contributed by atoms with Crippen molar-refractivity contribution in [1.29, 1.82) is 0 Å². The molecule has 0 aliphatic heterocycles. The van der Waals surface area contributed by atoms with Crippen LogP contribution >= 0.6 is 15.2 Å². The van der Waals surface area contributed by atoms with E-state index in [-0.39, 0.29) is 0 Å².